The Morgan fingerprint density at radius 1 is 1.24 bits per heavy atom. The Labute approximate surface area is 109 Å². The van der Waals surface area contributed by atoms with Gasteiger partial charge in [0.25, 0.3) is 0 Å². The van der Waals surface area contributed by atoms with Crippen molar-refractivity contribution in [2.24, 2.45) is 0 Å². The first-order valence-corrected chi connectivity index (χ1v) is 5.63. The number of halogens is 2. The van der Waals surface area contributed by atoms with Gasteiger partial charge in [-0.1, -0.05) is 23.2 Å². The van der Waals surface area contributed by atoms with Crippen molar-refractivity contribution in [1.29, 1.82) is 0 Å². The molecule has 0 radical (unpaired) electrons. The van der Waals surface area contributed by atoms with E-state index in [1.165, 1.54) is 7.11 Å². The van der Waals surface area contributed by atoms with Crippen LogP contribution >= 0.6 is 23.2 Å². The lowest BCUT2D eigenvalue weighted by Gasteiger charge is -2.10. The third kappa shape index (κ3) is 2.30. The van der Waals surface area contributed by atoms with E-state index < -0.39 is 0 Å². The molecule has 0 unspecified atom stereocenters. The SMILES string of the molecule is COc1cc(Cl)c(-c2ncccc2N)cc1Cl. The van der Waals surface area contributed by atoms with Crippen molar-refractivity contribution in [3.05, 3.63) is 40.5 Å². The van der Waals surface area contributed by atoms with Crippen LogP contribution in [-0.2, 0) is 0 Å². The van der Waals surface area contributed by atoms with E-state index in [4.69, 9.17) is 33.7 Å². The lowest BCUT2D eigenvalue weighted by Crippen LogP contribution is -1.94. The second kappa shape index (κ2) is 4.82. The molecular weight excluding hydrogens is 259 g/mol. The molecule has 1 heterocycles. The van der Waals surface area contributed by atoms with Crippen LogP contribution in [0.5, 0.6) is 5.75 Å². The summed E-state index contributed by atoms with van der Waals surface area (Å²) in [5.41, 5.74) is 7.70. The third-order valence-electron chi connectivity index (χ3n) is 2.34. The lowest BCUT2D eigenvalue weighted by atomic mass is 10.1. The largest absolute Gasteiger partial charge is 0.495 e. The number of anilines is 1. The first kappa shape index (κ1) is 12.0. The van der Waals surface area contributed by atoms with Gasteiger partial charge in [0.15, 0.2) is 0 Å². The number of pyridine rings is 1. The highest BCUT2D eigenvalue weighted by atomic mass is 35.5. The fraction of sp³-hybridized carbons (Fsp3) is 0.0833. The van der Waals surface area contributed by atoms with Crippen LogP contribution in [-0.4, -0.2) is 12.1 Å². The van der Waals surface area contributed by atoms with E-state index in [-0.39, 0.29) is 0 Å². The maximum Gasteiger partial charge on any atom is 0.138 e. The average molecular weight is 269 g/mol. The zero-order chi connectivity index (χ0) is 12.4. The van der Waals surface area contributed by atoms with Gasteiger partial charge in [-0.3, -0.25) is 4.98 Å². The minimum atomic E-state index is 0.469. The number of hydrogen-bond acceptors (Lipinski definition) is 3. The number of nitrogens with zero attached hydrogens (tertiary/aromatic N) is 1. The highest BCUT2D eigenvalue weighted by Crippen LogP contribution is 2.37. The molecule has 0 aliphatic heterocycles. The molecule has 2 aromatic rings. The van der Waals surface area contributed by atoms with Crippen LogP contribution in [0.3, 0.4) is 0 Å². The summed E-state index contributed by atoms with van der Waals surface area (Å²) in [5.74, 6) is 0.523. The Morgan fingerprint density at radius 2 is 2.00 bits per heavy atom. The number of benzene rings is 1. The summed E-state index contributed by atoms with van der Waals surface area (Å²) in [7, 11) is 1.53. The third-order valence-corrected chi connectivity index (χ3v) is 2.94. The van der Waals surface area contributed by atoms with Gasteiger partial charge < -0.3 is 10.5 Å². The molecule has 2 rings (SSSR count). The molecule has 1 aromatic heterocycles. The fourth-order valence-electron chi connectivity index (χ4n) is 1.51. The van der Waals surface area contributed by atoms with Gasteiger partial charge in [0.1, 0.15) is 5.75 Å². The maximum absolute atomic E-state index is 6.15. The van der Waals surface area contributed by atoms with Crippen LogP contribution in [0.25, 0.3) is 11.3 Å². The summed E-state index contributed by atoms with van der Waals surface area (Å²) in [6, 6.07) is 6.86. The summed E-state index contributed by atoms with van der Waals surface area (Å²) in [6.07, 6.45) is 1.65. The number of aromatic nitrogens is 1. The van der Waals surface area contributed by atoms with E-state index in [2.05, 4.69) is 4.98 Å². The van der Waals surface area contributed by atoms with Gasteiger partial charge >= 0.3 is 0 Å². The van der Waals surface area contributed by atoms with Crippen molar-refractivity contribution in [2.75, 3.05) is 12.8 Å². The van der Waals surface area contributed by atoms with Crippen molar-refractivity contribution < 1.29 is 4.74 Å². The first-order chi connectivity index (χ1) is 8.13. The van der Waals surface area contributed by atoms with Crippen LogP contribution in [0.4, 0.5) is 5.69 Å². The molecule has 0 saturated heterocycles. The smallest absolute Gasteiger partial charge is 0.138 e. The monoisotopic (exact) mass is 268 g/mol. The molecule has 3 nitrogen and oxygen atoms in total. The summed E-state index contributed by atoms with van der Waals surface area (Å²) < 4.78 is 5.08. The van der Waals surface area contributed by atoms with Crippen LogP contribution in [0, 0.1) is 0 Å². The number of nitrogens with two attached hydrogens (primary N) is 1. The quantitative estimate of drug-likeness (QED) is 0.905. The molecule has 0 amide bonds. The molecule has 0 spiro atoms. The topological polar surface area (TPSA) is 48.1 Å². The van der Waals surface area contributed by atoms with E-state index in [1.54, 1.807) is 30.5 Å². The van der Waals surface area contributed by atoms with Crippen molar-refractivity contribution in [1.82, 2.24) is 4.98 Å². The van der Waals surface area contributed by atoms with E-state index in [0.29, 0.717) is 32.7 Å². The molecule has 0 atom stereocenters. The Hall–Kier alpha value is -1.45. The molecular formula is C12H10Cl2N2O. The van der Waals surface area contributed by atoms with Crippen molar-refractivity contribution in [3.8, 4) is 17.0 Å². The molecule has 2 N–H and O–H groups in total. The van der Waals surface area contributed by atoms with Gasteiger partial charge in [-0.05, 0) is 18.2 Å². The van der Waals surface area contributed by atoms with Crippen molar-refractivity contribution >= 4 is 28.9 Å². The minimum Gasteiger partial charge on any atom is -0.495 e. The molecule has 0 aliphatic carbocycles. The second-order valence-corrected chi connectivity index (χ2v) is 4.22. The van der Waals surface area contributed by atoms with Gasteiger partial charge in [-0.25, -0.2) is 0 Å². The number of nitrogen functional groups attached to an aromatic ring is 1. The Bertz CT molecular complexity index is 558. The molecule has 0 aliphatic rings. The summed E-state index contributed by atoms with van der Waals surface area (Å²) in [6.45, 7) is 0. The maximum atomic E-state index is 6.15. The van der Waals surface area contributed by atoms with E-state index in [9.17, 15) is 0 Å². The standard InChI is InChI=1S/C12H10Cl2N2O/c1-17-11-6-8(13)7(5-9(11)14)12-10(15)3-2-4-16-12/h2-6H,15H2,1H3. The molecule has 1 aromatic carbocycles. The highest BCUT2D eigenvalue weighted by Gasteiger charge is 2.12. The number of methoxy groups -OCH3 is 1. The Kier molecular flexibility index (Phi) is 3.41. The summed E-state index contributed by atoms with van der Waals surface area (Å²) in [5, 5.41) is 0.966. The average Bonchev–Trinajstić information content (AvgIpc) is 2.32. The van der Waals surface area contributed by atoms with Crippen LogP contribution in [0.2, 0.25) is 10.0 Å². The van der Waals surface area contributed by atoms with Gasteiger partial charge in [-0.15, -0.1) is 0 Å². The summed E-state index contributed by atoms with van der Waals surface area (Å²) >= 11 is 12.2. The van der Waals surface area contributed by atoms with Gasteiger partial charge in [0.2, 0.25) is 0 Å². The van der Waals surface area contributed by atoms with Crippen LogP contribution in [0.15, 0.2) is 30.5 Å². The fourth-order valence-corrected chi connectivity index (χ4v) is 1.99. The molecule has 17 heavy (non-hydrogen) atoms. The Balaban J connectivity index is 2.61. The van der Waals surface area contributed by atoms with Crippen molar-refractivity contribution in [2.45, 2.75) is 0 Å². The van der Waals surface area contributed by atoms with Gasteiger partial charge in [0, 0.05) is 17.8 Å². The first-order valence-electron chi connectivity index (χ1n) is 4.87. The van der Waals surface area contributed by atoms with Crippen molar-refractivity contribution in [3.63, 3.8) is 0 Å². The van der Waals surface area contributed by atoms with E-state index in [0.717, 1.165) is 0 Å². The lowest BCUT2D eigenvalue weighted by molar-refractivity contribution is 0.415. The number of hydrogen-bond donors (Lipinski definition) is 1. The predicted molar refractivity (Wildman–Crippen MR) is 70.7 cm³/mol. The van der Waals surface area contributed by atoms with Crippen LogP contribution in [0.1, 0.15) is 0 Å². The highest BCUT2D eigenvalue weighted by molar-refractivity contribution is 6.36. The zero-order valence-corrected chi connectivity index (χ0v) is 10.6. The number of ether oxygens (including phenoxy) is 1. The molecule has 88 valence electrons. The van der Waals surface area contributed by atoms with Gasteiger partial charge in [0.05, 0.1) is 28.5 Å². The minimum absolute atomic E-state index is 0.469. The second-order valence-electron chi connectivity index (χ2n) is 3.41. The molecule has 0 fully saturated rings. The number of rotatable bonds is 2. The van der Waals surface area contributed by atoms with E-state index in [1.807, 2.05) is 0 Å². The Morgan fingerprint density at radius 3 is 2.65 bits per heavy atom. The predicted octanol–water partition coefficient (Wildman–Crippen LogP) is 3.65. The molecule has 0 bridgehead atoms. The van der Waals surface area contributed by atoms with E-state index >= 15 is 0 Å². The zero-order valence-electron chi connectivity index (χ0n) is 9.08. The van der Waals surface area contributed by atoms with Crippen LogP contribution < -0.4 is 10.5 Å². The normalized spacial score (nSPS) is 10.3. The van der Waals surface area contributed by atoms with Gasteiger partial charge in [-0.2, -0.15) is 0 Å². The summed E-state index contributed by atoms with van der Waals surface area (Å²) in [4.78, 5) is 4.20. The molecule has 5 heteroatoms. The molecule has 0 saturated carbocycles.